The first-order valence-electron chi connectivity index (χ1n) is 13.9. The van der Waals surface area contributed by atoms with Crippen molar-refractivity contribution in [1.82, 2.24) is 0 Å². The van der Waals surface area contributed by atoms with Crippen molar-refractivity contribution in [3.05, 3.63) is 0 Å². The fraction of sp³-hybridized carbons (Fsp3) is 0.966. The molecule has 0 spiro atoms. The SMILES string of the molecule is CC(C)CCC[C@@H](C)[C@@H]1CC[C@@H]2[C@@H]3CC[C@H]4C[C@H](OC(=O)CCl)CC[C@]4(C)[C@@H]3CC[C@@]21C. The maximum absolute atomic E-state index is 11.7. The van der Waals surface area contributed by atoms with E-state index in [0.29, 0.717) is 10.8 Å². The molecule has 0 N–H and O–H groups in total. The molecule has 184 valence electrons. The summed E-state index contributed by atoms with van der Waals surface area (Å²) in [4.78, 5) is 11.7. The van der Waals surface area contributed by atoms with E-state index < -0.39 is 0 Å². The molecule has 32 heavy (non-hydrogen) atoms. The molecule has 3 heteroatoms. The van der Waals surface area contributed by atoms with Crippen LogP contribution in [0.2, 0.25) is 0 Å². The molecule has 4 aliphatic rings. The van der Waals surface area contributed by atoms with Crippen molar-refractivity contribution in [1.29, 1.82) is 0 Å². The molecule has 0 heterocycles. The van der Waals surface area contributed by atoms with E-state index in [4.69, 9.17) is 16.3 Å². The lowest BCUT2D eigenvalue weighted by Gasteiger charge is -2.61. The van der Waals surface area contributed by atoms with E-state index in [-0.39, 0.29) is 18.0 Å². The first-order chi connectivity index (χ1) is 15.2. The van der Waals surface area contributed by atoms with Crippen molar-refractivity contribution in [3.8, 4) is 0 Å². The number of carbonyl (C=O) groups is 1. The quantitative estimate of drug-likeness (QED) is 0.280. The Bertz CT molecular complexity index is 662. The highest BCUT2D eigenvalue weighted by molar-refractivity contribution is 6.26. The Hall–Kier alpha value is -0.240. The normalized spacial score (nSPS) is 44.5. The Balaban J connectivity index is 1.42. The van der Waals surface area contributed by atoms with Gasteiger partial charge in [-0.05, 0) is 110 Å². The van der Waals surface area contributed by atoms with Crippen molar-refractivity contribution < 1.29 is 9.53 Å². The van der Waals surface area contributed by atoms with Crippen LogP contribution in [-0.2, 0) is 9.53 Å². The lowest BCUT2D eigenvalue weighted by molar-refractivity contribution is -0.160. The van der Waals surface area contributed by atoms with Gasteiger partial charge in [0.05, 0.1) is 0 Å². The van der Waals surface area contributed by atoms with Gasteiger partial charge in [0.15, 0.2) is 0 Å². The molecular formula is C29H49ClO2. The molecule has 2 nitrogen and oxygen atoms in total. The third kappa shape index (κ3) is 4.52. The van der Waals surface area contributed by atoms with E-state index in [1.807, 2.05) is 0 Å². The molecule has 4 fully saturated rings. The van der Waals surface area contributed by atoms with Crippen LogP contribution in [0.25, 0.3) is 0 Å². The molecule has 0 aliphatic heterocycles. The van der Waals surface area contributed by atoms with Gasteiger partial charge in [-0.1, -0.05) is 53.9 Å². The molecule has 0 aromatic carbocycles. The summed E-state index contributed by atoms with van der Waals surface area (Å²) in [5, 5.41) is 0. The monoisotopic (exact) mass is 464 g/mol. The van der Waals surface area contributed by atoms with Gasteiger partial charge in [-0.15, -0.1) is 11.6 Å². The zero-order valence-electron chi connectivity index (χ0n) is 21.5. The van der Waals surface area contributed by atoms with Crippen LogP contribution in [0.3, 0.4) is 0 Å². The minimum absolute atomic E-state index is 0.0134. The van der Waals surface area contributed by atoms with Crippen molar-refractivity contribution in [3.63, 3.8) is 0 Å². The number of ether oxygens (including phenoxy) is 1. The zero-order valence-corrected chi connectivity index (χ0v) is 22.3. The number of rotatable bonds is 7. The second-order valence-corrected chi connectivity index (χ2v) is 13.5. The van der Waals surface area contributed by atoms with Gasteiger partial charge in [0, 0.05) is 0 Å². The van der Waals surface area contributed by atoms with Crippen LogP contribution >= 0.6 is 11.6 Å². The van der Waals surface area contributed by atoms with E-state index in [2.05, 4.69) is 34.6 Å². The Morgan fingerprint density at radius 2 is 1.66 bits per heavy atom. The van der Waals surface area contributed by atoms with Crippen molar-refractivity contribution in [2.45, 2.75) is 118 Å². The molecule has 9 atom stereocenters. The van der Waals surface area contributed by atoms with Gasteiger partial charge < -0.3 is 4.74 Å². The van der Waals surface area contributed by atoms with E-state index in [0.717, 1.165) is 54.3 Å². The summed E-state index contributed by atoms with van der Waals surface area (Å²) in [5.74, 6) is 5.92. The van der Waals surface area contributed by atoms with Crippen molar-refractivity contribution >= 4 is 17.6 Å². The Kier molecular flexibility index (Phi) is 7.61. The van der Waals surface area contributed by atoms with Gasteiger partial charge in [-0.3, -0.25) is 4.79 Å². The van der Waals surface area contributed by atoms with Crippen molar-refractivity contribution in [2.75, 3.05) is 5.88 Å². The topological polar surface area (TPSA) is 26.3 Å². The third-order valence-electron chi connectivity index (χ3n) is 11.2. The molecule has 0 bridgehead atoms. The molecule has 0 unspecified atom stereocenters. The predicted octanol–water partition coefficient (Wildman–Crippen LogP) is 8.26. The van der Waals surface area contributed by atoms with Gasteiger partial charge in [-0.2, -0.15) is 0 Å². The summed E-state index contributed by atoms with van der Waals surface area (Å²) >= 11 is 5.69. The lowest BCUT2D eigenvalue weighted by Crippen LogP contribution is -2.54. The zero-order chi connectivity index (χ0) is 23.1. The Morgan fingerprint density at radius 3 is 2.38 bits per heavy atom. The van der Waals surface area contributed by atoms with Crippen LogP contribution in [-0.4, -0.2) is 18.0 Å². The standard InChI is InChI=1S/C29H49ClO2/c1-19(2)7-6-8-20(3)24-11-12-25-23-10-9-21-17-22(32-27(31)18-30)13-15-28(21,4)26(23)14-16-29(24,25)5/h19-26H,6-18H2,1-5H3/t20-,21+,22-,23+,24+,25-,26-,28+,29-/m1/s1. The number of hydrogen-bond acceptors (Lipinski definition) is 2. The van der Waals surface area contributed by atoms with Crippen LogP contribution in [0.1, 0.15) is 112 Å². The van der Waals surface area contributed by atoms with E-state index in [1.165, 1.54) is 64.2 Å². The average Bonchev–Trinajstić information content (AvgIpc) is 3.11. The highest BCUT2D eigenvalue weighted by atomic mass is 35.5. The van der Waals surface area contributed by atoms with Gasteiger partial charge >= 0.3 is 5.97 Å². The first kappa shape index (κ1) is 24.9. The predicted molar refractivity (Wildman–Crippen MR) is 134 cm³/mol. The summed E-state index contributed by atoms with van der Waals surface area (Å²) in [6.07, 6.45) is 16.3. The van der Waals surface area contributed by atoms with E-state index in [1.54, 1.807) is 0 Å². The third-order valence-corrected chi connectivity index (χ3v) is 11.4. The van der Waals surface area contributed by atoms with Crippen molar-refractivity contribution in [2.24, 2.45) is 52.3 Å². The maximum Gasteiger partial charge on any atom is 0.321 e. The number of halogens is 1. The molecule has 0 aromatic heterocycles. The highest BCUT2D eigenvalue weighted by Gasteiger charge is 2.60. The molecular weight excluding hydrogens is 416 g/mol. The first-order valence-corrected chi connectivity index (χ1v) is 14.5. The largest absolute Gasteiger partial charge is 0.461 e. The summed E-state index contributed by atoms with van der Waals surface area (Å²) in [7, 11) is 0. The highest BCUT2D eigenvalue weighted by Crippen LogP contribution is 2.68. The van der Waals surface area contributed by atoms with Crippen LogP contribution in [0.5, 0.6) is 0 Å². The summed E-state index contributed by atoms with van der Waals surface area (Å²) in [6, 6.07) is 0. The number of alkyl halides is 1. The smallest absolute Gasteiger partial charge is 0.321 e. The van der Waals surface area contributed by atoms with E-state index in [9.17, 15) is 4.79 Å². The number of esters is 1. The number of fused-ring (bicyclic) bond motifs is 5. The summed E-state index contributed by atoms with van der Waals surface area (Å²) < 4.78 is 5.67. The molecule has 4 rings (SSSR count). The van der Waals surface area contributed by atoms with Gasteiger partial charge in [0.25, 0.3) is 0 Å². The number of carbonyl (C=O) groups excluding carboxylic acids is 1. The van der Waals surface area contributed by atoms with Gasteiger partial charge in [0.2, 0.25) is 0 Å². The molecule has 0 aromatic rings. The minimum atomic E-state index is -0.234. The molecule has 4 saturated carbocycles. The van der Waals surface area contributed by atoms with Crippen LogP contribution in [0.4, 0.5) is 0 Å². The van der Waals surface area contributed by atoms with E-state index >= 15 is 0 Å². The van der Waals surface area contributed by atoms with Gasteiger partial charge in [-0.25, -0.2) is 0 Å². The molecule has 0 saturated heterocycles. The fourth-order valence-electron chi connectivity index (χ4n) is 9.57. The van der Waals surface area contributed by atoms with Crippen LogP contribution in [0, 0.1) is 52.3 Å². The summed E-state index contributed by atoms with van der Waals surface area (Å²) in [6.45, 7) is 12.6. The van der Waals surface area contributed by atoms with Crippen LogP contribution < -0.4 is 0 Å². The second-order valence-electron chi connectivity index (χ2n) is 13.2. The molecule has 0 amide bonds. The van der Waals surface area contributed by atoms with Gasteiger partial charge in [0.1, 0.15) is 12.0 Å². The lowest BCUT2D eigenvalue weighted by atomic mass is 9.44. The average molecular weight is 465 g/mol. The molecule has 0 radical (unpaired) electrons. The fourth-order valence-corrected chi connectivity index (χ4v) is 9.63. The molecule has 4 aliphatic carbocycles. The Morgan fingerprint density at radius 1 is 0.938 bits per heavy atom. The minimum Gasteiger partial charge on any atom is -0.461 e. The van der Waals surface area contributed by atoms with Crippen LogP contribution in [0.15, 0.2) is 0 Å². The second kappa shape index (κ2) is 9.79. The summed E-state index contributed by atoms with van der Waals surface area (Å²) in [5.41, 5.74) is 1.03. The number of hydrogen-bond donors (Lipinski definition) is 0. The Labute approximate surface area is 203 Å². The maximum atomic E-state index is 11.7.